The summed E-state index contributed by atoms with van der Waals surface area (Å²) in [7, 11) is -7.60. The number of hydrogen-bond donors (Lipinski definition) is 1. The number of hydrogen-bond acceptors (Lipinski definition) is 7. The van der Waals surface area contributed by atoms with Crippen LogP contribution < -0.4 is 9.46 Å². The molecule has 1 fully saturated rings. The second-order valence-electron chi connectivity index (χ2n) is 7.30. The summed E-state index contributed by atoms with van der Waals surface area (Å²) >= 11 is 0. The molecule has 0 unspecified atom stereocenters. The molecule has 0 amide bonds. The van der Waals surface area contributed by atoms with Crippen LogP contribution >= 0.6 is 0 Å². The summed E-state index contributed by atoms with van der Waals surface area (Å²) in [5.41, 5.74) is 1.11. The van der Waals surface area contributed by atoms with Gasteiger partial charge in [0.2, 0.25) is 20.0 Å². The molecule has 2 aliphatic rings. The van der Waals surface area contributed by atoms with Gasteiger partial charge in [0.15, 0.2) is 6.79 Å². The van der Waals surface area contributed by atoms with E-state index in [9.17, 15) is 21.2 Å². The van der Waals surface area contributed by atoms with Crippen LogP contribution in [0, 0.1) is 5.82 Å². The van der Waals surface area contributed by atoms with E-state index in [4.69, 9.17) is 14.2 Å². The number of nitrogens with one attached hydrogen (secondary N) is 1. The normalized spacial score (nSPS) is 17.5. The zero-order valence-corrected chi connectivity index (χ0v) is 18.8. The number of ether oxygens (including phenoxy) is 3. The van der Waals surface area contributed by atoms with Gasteiger partial charge in [0, 0.05) is 25.2 Å². The first-order valence-electron chi connectivity index (χ1n) is 9.97. The second kappa shape index (κ2) is 9.41. The van der Waals surface area contributed by atoms with E-state index in [0.29, 0.717) is 30.1 Å². The summed E-state index contributed by atoms with van der Waals surface area (Å²) in [6.45, 7) is 1.44. The zero-order chi connectivity index (χ0) is 22.8. The molecule has 0 aliphatic carbocycles. The summed E-state index contributed by atoms with van der Waals surface area (Å²) in [6, 6.07) is 7.69. The van der Waals surface area contributed by atoms with Crippen LogP contribution in [0.5, 0.6) is 5.75 Å². The lowest BCUT2D eigenvalue weighted by atomic mass is 10.1. The van der Waals surface area contributed by atoms with Crippen LogP contribution in [0.15, 0.2) is 46.2 Å². The molecule has 1 saturated heterocycles. The molecule has 2 heterocycles. The molecule has 0 radical (unpaired) electrons. The monoisotopic (exact) mass is 486 g/mol. The molecule has 9 nitrogen and oxygen atoms in total. The van der Waals surface area contributed by atoms with Crippen LogP contribution in [0.25, 0.3) is 0 Å². The molecule has 2 aliphatic heterocycles. The lowest BCUT2D eigenvalue weighted by Crippen LogP contribution is -2.40. The van der Waals surface area contributed by atoms with Gasteiger partial charge in [0.05, 0.1) is 29.6 Å². The molecular weight excluding hydrogens is 463 g/mol. The zero-order valence-electron chi connectivity index (χ0n) is 17.1. The van der Waals surface area contributed by atoms with Crippen molar-refractivity contribution in [2.45, 2.75) is 22.8 Å². The molecular formula is C20H23FN2O7S2. The summed E-state index contributed by atoms with van der Waals surface area (Å²) < 4.78 is 84.0. The third-order valence-corrected chi connectivity index (χ3v) is 8.57. The van der Waals surface area contributed by atoms with Gasteiger partial charge in [-0.25, -0.2) is 25.9 Å². The highest BCUT2D eigenvalue weighted by Gasteiger charge is 2.27. The summed E-state index contributed by atoms with van der Waals surface area (Å²) in [5.74, 6) is 0.0577. The summed E-state index contributed by atoms with van der Waals surface area (Å²) in [6.07, 6.45) is 0.211. The molecule has 32 heavy (non-hydrogen) atoms. The fourth-order valence-corrected chi connectivity index (χ4v) is 6.01. The molecule has 1 N–H and O–H groups in total. The predicted octanol–water partition coefficient (Wildman–Crippen LogP) is 1.23. The number of morpholine rings is 1. The Balaban J connectivity index is 1.43. The Morgan fingerprint density at radius 3 is 2.38 bits per heavy atom. The lowest BCUT2D eigenvalue weighted by molar-refractivity contribution is -0.0172. The van der Waals surface area contributed by atoms with Gasteiger partial charge >= 0.3 is 0 Å². The average Bonchev–Trinajstić information content (AvgIpc) is 2.79. The van der Waals surface area contributed by atoms with E-state index in [1.165, 1.54) is 40.7 Å². The molecule has 2 aromatic rings. The Labute approximate surface area is 186 Å². The number of nitrogens with zero attached hydrogens (tertiary/aromatic N) is 1. The maximum Gasteiger partial charge on any atom is 0.243 e. The largest absolute Gasteiger partial charge is 0.467 e. The Kier molecular flexibility index (Phi) is 6.79. The van der Waals surface area contributed by atoms with Crippen LogP contribution in [0.2, 0.25) is 0 Å². The van der Waals surface area contributed by atoms with Crippen molar-refractivity contribution in [1.29, 1.82) is 0 Å². The van der Waals surface area contributed by atoms with Crippen LogP contribution in [-0.4, -0.2) is 60.8 Å². The third-order valence-electron chi connectivity index (χ3n) is 5.18. The van der Waals surface area contributed by atoms with Crippen molar-refractivity contribution in [3.63, 3.8) is 0 Å². The molecule has 0 spiro atoms. The van der Waals surface area contributed by atoms with Crippen LogP contribution in [0.1, 0.15) is 11.1 Å². The SMILES string of the molecule is O=S(=O)(NCCc1cc(F)cc2c1OCOC2)c1ccc(S(=O)(=O)N2CCOCC2)cc1. The Morgan fingerprint density at radius 2 is 1.66 bits per heavy atom. The van der Waals surface area contributed by atoms with E-state index >= 15 is 0 Å². The maximum atomic E-state index is 13.8. The molecule has 0 bridgehead atoms. The first-order valence-corrected chi connectivity index (χ1v) is 12.9. The quantitative estimate of drug-likeness (QED) is 0.627. The number of benzene rings is 2. The maximum absolute atomic E-state index is 13.8. The van der Waals surface area contributed by atoms with E-state index in [1.807, 2.05) is 0 Å². The standard InChI is InChI=1S/C20H23FN2O7S2/c21-17-11-15(20-16(12-17)13-29-14-30-20)5-6-22-31(24,25)18-1-3-19(4-2-18)32(26,27)23-7-9-28-10-8-23/h1-4,11-12,22H,5-10,13-14H2. The van der Waals surface area contributed by atoms with Crippen molar-refractivity contribution >= 4 is 20.0 Å². The lowest BCUT2D eigenvalue weighted by Gasteiger charge is -2.26. The second-order valence-corrected chi connectivity index (χ2v) is 11.0. The average molecular weight is 487 g/mol. The number of halogens is 1. The fraction of sp³-hybridized carbons (Fsp3) is 0.400. The highest BCUT2D eigenvalue weighted by molar-refractivity contribution is 7.89. The Bertz CT molecular complexity index is 1180. The van der Waals surface area contributed by atoms with E-state index in [1.54, 1.807) is 0 Å². The minimum absolute atomic E-state index is 0.0102. The van der Waals surface area contributed by atoms with Crippen molar-refractivity contribution in [2.75, 3.05) is 39.6 Å². The highest BCUT2D eigenvalue weighted by atomic mass is 32.2. The molecule has 174 valence electrons. The molecule has 0 aromatic heterocycles. The van der Waals surface area contributed by atoms with Crippen LogP contribution in [0.3, 0.4) is 0 Å². The van der Waals surface area contributed by atoms with Gasteiger partial charge in [0.1, 0.15) is 11.6 Å². The van der Waals surface area contributed by atoms with Crippen molar-refractivity contribution in [1.82, 2.24) is 9.03 Å². The van der Waals surface area contributed by atoms with Gasteiger partial charge in [-0.05, 0) is 48.4 Å². The highest BCUT2D eigenvalue weighted by Crippen LogP contribution is 2.29. The summed E-state index contributed by atoms with van der Waals surface area (Å²) in [4.78, 5) is -0.0477. The third kappa shape index (κ3) is 4.95. The van der Waals surface area contributed by atoms with E-state index in [2.05, 4.69) is 4.72 Å². The Morgan fingerprint density at radius 1 is 0.969 bits per heavy atom. The molecule has 0 saturated carbocycles. The van der Waals surface area contributed by atoms with Crippen molar-refractivity contribution in [2.24, 2.45) is 0 Å². The molecule has 4 rings (SSSR count). The number of sulfonamides is 2. The van der Waals surface area contributed by atoms with Gasteiger partial charge in [-0.2, -0.15) is 4.31 Å². The van der Waals surface area contributed by atoms with E-state index in [0.717, 1.165) is 0 Å². The van der Waals surface area contributed by atoms with Gasteiger partial charge in [-0.3, -0.25) is 0 Å². The molecule has 12 heteroatoms. The van der Waals surface area contributed by atoms with Gasteiger partial charge < -0.3 is 14.2 Å². The first-order chi connectivity index (χ1) is 15.3. The smallest absolute Gasteiger partial charge is 0.243 e. The van der Waals surface area contributed by atoms with Crippen molar-refractivity contribution in [3.05, 3.63) is 53.3 Å². The van der Waals surface area contributed by atoms with Gasteiger partial charge in [0.25, 0.3) is 0 Å². The minimum Gasteiger partial charge on any atom is -0.467 e. The van der Waals surface area contributed by atoms with Crippen LogP contribution in [0.4, 0.5) is 4.39 Å². The summed E-state index contributed by atoms with van der Waals surface area (Å²) in [5, 5.41) is 0. The number of fused-ring (bicyclic) bond motifs is 1. The molecule has 2 aromatic carbocycles. The topological polar surface area (TPSA) is 111 Å². The van der Waals surface area contributed by atoms with Gasteiger partial charge in [-0.1, -0.05) is 0 Å². The number of rotatable bonds is 7. The van der Waals surface area contributed by atoms with Crippen LogP contribution in [-0.2, 0) is 42.5 Å². The van der Waals surface area contributed by atoms with E-state index < -0.39 is 25.9 Å². The predicted molar refractivity (Wildman–Crippen MR) is 112 cm³/mol. The minimum atomic E-state index is -3.89. The van der Waals surface area contributed by atoms with Crippen molar-refractivity contribution < 1.29 is 35.4 Å². The van der Waals surface area contributed by atoms with Crippen molar-refractivity contribution in [3.8, 4) is 5.75 Å². The van der Waals surface area contributed by atoms with E-state index in [-0.39, 0.29) is 49.2 Å². The fourth-order valence-electron chi connectivity index (χ4n) is 3.57. The first kappa shape index (κ1) is 23.1. The Hall–Kier alpha value is -2.09. The molecule has 0 atom stereocenters. The van der Waals surface area contributed by atoms with Gasteiger partial charge in [-0.15, -0.1) is 0 Å².